The lowest BCUT2D eigenvalue weighted by Crippen LogP contribution is -2.21. The molecule has 0 bridgehead atoms. The highest BCUT2D eigenvalue weighted by Gasteiger charge is 2.15. The van der Waals surface area contributed by atoms with E-state index in [0.717, 1.165) is 19.3 Å². The number of hydrogen-bond acceptors (Lipinski definition) is 6. The van der Waals surface area contributed by atoms with Gasteiger partial charge in [0.1, 0.15) is 0 Å². The minimum absolute atomic E-state index is 0.144. The largest absolute Gasteiger partial charge is 0.338 e. The molecule has 29 heavy (non-hydrogen) atoms. The zero-order chi connectivity index (χ0) is 20.2. The van der Waals surface area contributed by atoms with Crippen LogP contribution in [0.3, 0.4) is 0 Å². The standard InChI is InChI=1S/C21H19ClN4O2S/c1-2-3-11-18-24-19(28-25-18)13-29-21-23-17-10-5-4-9-16(17)20(27)26(21)15-8-6-7-14(22)12-15/h4-10,12H,2-3,11,13H2,1H3. The lowest BCUT2D eigenvalue weighted by molar-refractivity contribution is 0.384. The summed E-state index contributed by atoms with van der Waals surface area (Å²) in [6.07, 6.45) is 2.89. The first-order chi connectivity index (χ1) is 14.2. The van der Waals surface area contributed by atoms with Crippen LogP contribution in [0.4, 0.5) is 0 Å². The number of hydrogen-bond donors (Lipinski definition) is 0. The Bertz CT molecular complexity index is 1200. The van der Waals surface area contributed by atoms with E-state index < -0.39 is 0 Å². The monoisotopic (exact) mass is 426 g/mol. The molecule has 0 aliphatic carbocycles. The molecule has 0 spiro atoms. The summed E-state index contributed by atoms with van der Waals surface area (Å²) in [4.78, 5) is 22.3. The predicted octanol–water partition coefficient (Wildman–Crippen LogP) is 5.06. The number of thioether (sulfide) groups is 1. The zero-order valence-electron chi connectivity index (χ0n) is 15.8. The third-order valence-corrected chi connectivity index (χ3v) is 5.56. The number of unbranched alkanes of at least 4 members (excludes halogenated alkanes) is 1. The molecule has 0 radical (unpaired) electrons. The van der Waals surface area contributed by atoms with E-state index in [4.69, 9.17) is 21.1 Å². The highest BCUT2D eigenvalue weighted by molar-refractivity contribution is 7.98. The van der Waals surface area contributed by atoms with E-state index in [0.29, 0.717) is 44.2 Å². The summed E-state index contributed by atoms with van der Waals surface area (Å²) >= 11 is 7.54. The van der Waals surface area contributed by atoms with Gasteiger partial charge in [-0.15, -0.1) is 0 Å². The van der Waals surface area contributed by atoms with Crippen LogP contribution in [0, 0.1) is 0 Å². The molecule has 8 heteroatoms. The maximum Gasteiger partial charge on any atom is 0.266 e. The number of aryl methyl sites for hydroxylation is 1. The molecule has 0 unspecified atom stereocenters. The van der Waals surface area contributed by atoms with Gasteiger partial charge in [0.15, 0.2) is 11.0 Å². The summed E-state index contributed by atoms with van der Waals surface area (Å²) in [7, 11) is 0. The number of halogens is 1. The van der Waals surface area contributed by atoms with Crippen molar-refractivity contribution in [2.24, 2.45) is 0 Å². The van der Waals surface area contributed by atoms with Gasteiger partial charge in [0.2, 0.25) is 5.89 Å². The highest BCUT2D eigenvalue weighted by Crippen LogP contribution is 2.25. The van der Waals surface area contributed by atoms with Gasteiger partial charge in [-0.05, 0) is 36.8 Å². The maximum atomic E-state index is 13.2. The van der Waals surface area contributed by atoms with Crippen molar-refractivity contribution < 1.29 is 4.52 Å². The normalized spacial score (nSPS) is 11.2. The molecule has 6 nitrogen and oxygen atoms in total. The number of aromatic nitrogens is 4. The minimum atomic E-state index is -0.144. The minimum Gasteiger partial charge on any atom is -0.338 e. The molecule has 4 aromatic rings. The van der Waals surface area contributed by atoms with Crippen LogP contribution in [0.15, 0.2) is 63.0 Å². The van der Waals surface area contributed by atoms with Gasteiger partial charge in [0.05, 0.1) is 22.3 Å². The molecule has 4 rings (SSSR count). The molecule has 0 atom stereocenters. The topological polar surface area (TPSA) is 73.8 Å². The van der Waals surface area contributed by atoms with Gasteiger partial charge in [-0.25, -0.2) is 4.98 Å². The fourth-order valence-corrected chi connectivity index (χ4v) is 4.00. The van der Waals surface area contributed by atoms with Crippen LogP contribution in [0.2, 0.25) is 5.02 Å². The molecular weight excluding hydrogens is 408 g/mol. The summed E-state index contributed by atoms with van der Waals surface area (Å²) in [6, 6.07) is 14.5. The summed E-state index contributed by atoms with van der Waals surface area (Å²) in [6.45, 7) is 2.12. The second kappa shape index (κ2) is 8.80. The maximum absolute atomic E-state index is 13.2. The first-order valence-electron chi connectivity index (χ1n) is 9.37. The van der Waals surface area contributed by atoms with Crippen molar-refractivity contribution in [1.82, 2.24) is 19.7 Å². The first-order valence-corrected chi connectivity index (χ1v) is 10.7. The Kier molecular flexibility index (Phi) is 5.97. The molecule has 0 saturated heterocycles. The van der Waals surface area contributed by atoms with Crippen molar-refractivity contribution in [2.45, 2.75) is 37.1 Å². The van der Waals surface area contributed by atoms with Crippen LogP contribution in [-0.4, -0.2) is 19.7 Å². The molecule has 0 amide bonds. The average molecular weight is 427 g/mol. The van der Waals surface area contributed by atoms with Crippen molar-refractivity contribution in [3.8, 4) is 5.69 Å². The van der Waals surface area contributed by atoms with E-state index in [1.807, 2.05) is 30.3 Å². The number of rotatable bonds is 7. The van der Waals surface area contributed by atoms with Gasteiger partial charge in [0, 0.05) is 11.4 Å². The Labute approximate surface area is 176 Å². The Balaban J connectivity index is 1.71. The van der Waals surface area contributed by atoms with Crippen LogP contribution in [0.5, 0.6) is 0 Å². The van der Waals surface area contributed by atoms with Crippen LogP contribution in [-0.2, 0) is 12.2 Å². The SMILES string of the molecule is CCCCc1noc(CSc2nc3ccccc3c(=O)n2-c2cccc(Cl)c2)n1. The van der Waals surface area contributed by atoms with Gasteiger partial charge in [0.25, 0.3) is 5.56 Å². The second-order valence-corrected chi connectivity index (χ2v) is 7.91. The molecule has 148 valence electrons. The van der Waals surface area contributed by atoms with Gasteiger partial charge in [-0.3, -0.25) is 9.36 Å². The number of benzene rings is 2. The summed E-state index contributed by atoms with van der Waals surface area (Å²) in [5, 5.41) is 5.67. The molecule has 0 aliphatic heterocycles. The Morgan fingerprint density at radius 1 is 1.14 bits per heavy atom. The Hall–Kier alpha value is -2.64. The number of fused-ring (bicyclic) bond motifs is 1. The average Bonchev–Trinajstić information content (AvgIpc) is 3.18. The van der Waals surface area contributed by atoms with Gasteiger partial charge in [-0.2, -0.15) is 4.98 Å². The van der Waals surface area contributed by atoms with E-state index in [2.05, 4.69) is 17.1 Å². The molecule has 2 heterocycles. The van der Waals surface area contributed by atoms with E-state index in [1.54, 1.807) is 22.8 Å². The van der Waals surface area contributed by atoms with Crippen LogP contribution < -0.4 is 5.56 Å². The van der Waals surface area contributed by atoms with Crippen molar-refractivity contribution in [3.63, 3.8) is 0 Å². The molecule has 0 saturated carbocycles. The second-order valence-electron chi connectivity index (χ2n) is 6.53. The lowest BCUT2D eigenvalue weighted by atomic mass is 10.2. The van der Waals surface area contributed by atoms with Gasteiger partial charge in [-0.1, -0.05) is 60.1 Å². The number of nitrogens with zero attached hydrogens (tertiary/aromatic N) is 4. The highest BCUT2D eigenvalue weighted by atomic mass is 35.5. The molecule has 0 fully saturated rings. The van der Waals surface area contributed by atoms with Crippen molar-refractivity contribution in [1.29, 1.82) is 0 Å². The summed E-state index contributed by atoms with van der Waals surface area (Å²) in [5.41, 5.74) is 1.17. The third-order valence-electron chi connectivity index (χ3n) is 4.40. The summed E-state index contributed by atoms with van der Waals surface area (Å²) in [5.74, 6) is 1.65. The molecule has 2 aromatic carbocycles. The van der Waals surface area contributed by atoms with Crippen molar-refractivity contribution >= 4 is 34.3 Å². The van der Waals surface area contributed by atoms with E-state index in [-0.39, 0.29) is 5.56 Å². The molecular formula is C21H19ClN4O2S. The number of para-hydroxylation sites is 1. The van der Waals surface area contributed by atoms with Crippen molar-refractivity contribution in [2.75, 3.05) is 0 Å². The van der Waals surface area contributed by atoms with Gasteiger partial charge < -0.3 is 4.52 Å². The quantitative estimate of drug-likeness (QED) is 0.304. The summed E-state index contributed by atoms with van der Waals surface area (Å²) < 4.78 is 6.92. The molecule has 0 aliphatic rings. The Morgan fingerprint density at radius 3 is 2.83 bits per heavy atom. The van der Waals surface area contributed by atoms with Crippen LogP contribution >= 0.6 is 23.4 Å². The fourth-order valence-electron chi connectivity index (χ4n) is 2.96. The smallest absolute Gasteiger partial charge is 0.266 e. The van der Waals surface area contributed by atoms with Crippen LogP contribution in [0.25, 0.3) is 16.6 Å². The third kappa shape index (κ3) is 4.36. The molecule has 0 N–H and O–H groups in total. The van der Waals surface area contributed by atoms with Crippen molar-refractivity contribution in [3.05, 3.63) is 75.6 Å². The van der Waals surface area contributed by atoms with E-state index >= 15 is 0 Å². The lowest BCUT2D eigenvalue weighted by Gasteiger charge is -2.12. The Morgan fingerprint density at radius 2 is 2.00 bits per heavy atom. The van der Waals surface area contributed by atoms with E-state index in [9.17, 15) is 4.79 Å². The zero-order valence-corrected chi connectivity index (χ0v) is 17.4. The predicted molar refractivity (Wildman–Crippen MR) is 115 cm³/mol. The van der Waals surface area contributed by atoms with Crippen LogP contribution in [0.1, 0.15) is 31.5 Å². The van der Waals surface area contributed by atoms with Gasteiger partial charge >= 0.3 is 0 Å². The molecule has 2 aromatic heterocycles. The van der Waals surface area contributed by atoms with E-state index in [1.165, 1.54) is 11.8 Å². The first kappa shape index (κ1) is 19.7. The fraction of sp³-hybridized carbons (Fsp3) is 0.238.